The molecule has 0 aromatic heterocycles. The minimum Gasteiger partial charge on any atom is -0.355 e. The third kappa shape index (κ3) is 1.37. The van der Waals surface area contributed by atoms with Gasteiger partial charge >= 0.3 is 0 Å². The SMILES string of the molecule is O=C1CSCCC12CCCNC2=O. The molecule has 2 aliphatic heterocycles. The number of carbonyl (C=O) groups excluding carboxylic acids is 2. The van der Waals surface area contributed by atoms with Crippen LogP contribution in [0.2, 0.25) is 0 Å². The summed E-state index contributed by atoms with van der Waals surface area (Å²) >= 11 is 1.64. The van der Waals surface area contributed by atoms with Gasteiger partial charge in [-0.15, -0.1) is 0 Å². The van der Waals surface area contributed by atoms with Crippen LogP contribution in [0.25, 0.3) is 0 Å². The Morgan fingerprint density at radius 1 is 1.31 bits per heavy atom. The number of thioether (sulfide) groups is 1. The van der Waals surface area contributed by atoms with Crippen LogP contribution in [0.15, 0.2) is 0 Å². The minimum atomic E-state index is -0.635. The number of piperidine rings is 1. The van der Waals surface area contributed by atoms with Crippen LogP contribution >= 0.6 is 11.8 Å². The number of Topliss-reactive ketones (excluding diaryl/α,β-unsaturated/α-hetero) is 1. The summed E-state index contributed by atoms with van der Waals surface area (Å²) < 4.78 is 0. The van der Waals surface area contributed by atoms with E-state index in [4.69, 9.17) is 0 Å². The van der Waals surface area contributed by atoms with Crippen molar-refractivity contribution in [1.82, 2.24) is 5.32 Å². The molecule has 2 saturated heterocycles. The van der Waals surface area contributed by atoms with Crippen molar-refractivity contribution >= 4 is 23.5 Å². The van der Waals surface area contributed by atoms with Gasteiger partial charge in [-0.2, -0.15) is 11.8 Å². The van der Waals surface area contributed by atoms with Crippen molar-refractivity contribution in [3.8, 4) is 0 Å². The van der Waals surface area contributed by atoms with Crippen LogP contribution in [0.1, 0.15) is 19.3 Å². The van der Waals surface area contributed by atoms with Crippen LogP contribution in [0.4, 0.5) is 0 Å². The smallest absolute Gasteiger partial charge is 0.233 e. The Morgan fingerprint density at radius 3 is 2.85 bits per heavy atom. The number of carbonyl (C=O) groups is 2. The van der Waals surface area contributed by atoms with Gasteiger partial charge in [-0.1, -0.05) is 0 Å². The lowest BCUT2D eigenvalue weighted by Crippen LogP contribution is -2.53. The highest BCUT2D eigenvalue weighted by atomic mass is 32.2. The molecule has 13 heavy (non-hydrogen) atoms. The largest absolute Gasteiger partial charge is 0.355 e. The summed E-state index contributed by atoms with van der Waals surface area (Å²) in [5.41, 5.74) is -0.635. The molecular formula is C9H13NO2S. The van der Waals surface area contributed by atoms with Gasteiger partial charge in [0.15, 0.2) is 5.78 Å². The first-order valence-electron chi connectivity index (χ1n) is 4.65. The van der Waals surface area contributed by atoms with Crippen molar-refractivity contribution in [3.63, 3.8) is 0 Å². The van der Waals surface area contributed by atoms with E-state index in [0.29, 0.717) is 5.75 Å². The van der Waals surface area contributed by atoms with E-state index in [0.717, 1.165) is 31.6 Å². The molecule has 2 heterocycles. The van der Waals surface area contributed by atoms with Gasteiger partial charge in [0.1, 0.15) is 5.41 Å². The quantitative estimate of drug-likeness (QED) is 0.581. The van der Waals surface area contributed by atoms with Crippen LogP contribution in [0, 0.1) is 5.41 Å². The molecular weight excluding hydrogens is 186 g/mol. The Bertz CT molecular complexity index is 226. The molecule has 1 amide bonds. The molecule has 1 atom stereocenters. The highest BCUT2D eigenvalue weighted by molar-refractivity contribution is 8.00. The van der Waals surface area contributed by atoms with E-state index >= 15 is 0 Å². The Kier molecular flexibility index (Phi) is 2.32. The summed E-state index contributed by atoms with van der Waals surface area (Å²) in [7, 11) is 0. The Hall–Kier alpha value is -0.510. The molecule has 1 spiro atoms. The van der Waals surface area contributed by atoms with E-state index in [2.05, 4.69) is 5.32 Å². The number of nitrogens with one attached hydrogen (secondary N) is 1. The van der Waals surface area contributed by atoms with Crippen LogP contribution < -0.4 is 5.32 Å². The second kappa shape index (κ2) is 3.33. The zero-order valence-electron chi connectivity index (χ0n) is 7.47. The van der Waals surface area contributed by atoms with E-state index in [-0.39, 0.29) is 11.7 Å². The fraction of sp³-hybridized carbons (Fsp3) is 0.778. The van der Waals surface area contributed by atoms with Crippen LogP contribution in [0.3, 0.4) is 0 Å². The number of hydrogen-bond acceptors (Lipinski definition) is 3. The molecule has 72 valence electrons. The van der Waals surface area contributed by atoms with Gasteiger partial charge in [-0.3, -0.25) is 9.59 Å². The maximum atomic E-state index is 11.7. The highest BCUT2D eigenvalue weighted by Gasteiger charge is 2.47. The summed E-state index contributed by atoms with van der Waals surface area (Å²) in [6, 6.07) is 0. The zero-order valence-corrected chi connectivity index (χ0v) is 8.28. The average Bonchev–Trinajstić information content (AvgIpc) is 2.15. The summed E-state index contributed by atoms with van der Waals surface area (Å²) in [6.07, 6.45) is 2.45. The van der Waals surface area contributed by atoms with Gasteiger partial charge in [0.05, 0.1) is 5.75 Å². The topological polar surface area (TPSA) is 46.2 Å². The maximum Gasteiger partial charge on any atom is 0.233 e. The highest BCUT2D eigenvalue weighted by Crippen LogP contribution is 2.38. The Morgan fingerprint density at radius 2 is 2.15 bits per heavy atom. The van der Waals surface area contributed by atoms with Gasteiger partial charge in [0.25, 0.3) is 0 Å². The number of hydrogen-bond donors (Lipinski definition) is 1. The lowest BCUT2D eigenvalue weighted by Gasteiger charge is -2.37. The molecule has 2 fully saturated rings. The van der Waals surface area contributed by atoms with E-state index < -0.39 is 5.41 Å². The van der Waals surface area contributed by atoms with Crippen molar-refractivity contribution < 1.29 is 9.59 Å². The second-order valence-corrected chi connectivity index (χ2v) is 4.77. The summed E-state index contributed by atoms with van der Waals surface area (Å²) in [4.78, 5) is 23.3. The lowest BCUT2D eigenvalue weighted by molar-refractivity contribution is -0.143. The molecule has 4 heteroatoms. The molecule has 0 radical (unpaired) electrons. The molecule has 0 aliphatic carbocycles. The third-order valence-corrected chi connectivity index (χ3v) is 3.90. The van der Waals surface area contributed by atoms with Crippen molar-refractivity contribution in [1.29, 1.82) is 0 Å². The van der Waals surface area contributed by atoms with E-state index in [1.807, 2.05) is 0 Å². The average molecular weight is 199 g/mol. The minimum absolute atomic E-state index is 0.0240. The third-order valence-electron chi connectivity index (χ3n) is 2.94. The maximum absolute atomic E-state index is 11.7. The first-order valence-corrected chi connectivity index (χ1v) is 5.80. The van der Waals surface area contributed by atoms with E-state index in [9.17, 15) is 9.59 Å². The summed E-state index contributed by atoms with van der Waals surface area (Å²) in [5.74, 6) is 1.58. The fourth-order valence-electron chi connectivity index (χ4n) is 2.07. The molecule has 0 aromatic carbocycles. The molecule has 1 N–H and O–H groups in total. The van der Waals surface area contributed by atoms with Crippen molar-refractivity contribution in [2.45, 2.75) is 19.3 Å². The molecule has 0 bridgehead atoms. The lowest BCUT2D eigenvalue weighted by atomic mass is 9.74. The first-order chi connectivity index (χ1) is 6.26. The Labute approximate surface area is 81.6 Å². The van der Waals surface area contributed by atoms with Crippen molar-refractivity contribution in [3.05, 3.63) is 0 Å². The predicted octanol–water partition coefficient (Wildman–Crippen LogP) is 0.589. The number of amides is 1. The van der Waals surface area contributed by atoms with E-state index in [1.165, 1.54) is 0 Å². The Balaban J connectivity index is 2.23. The first kappa shape index (κ1) is 9.06. The molecule has 0 saturated carbocycles. The van der Waals surface area contributed by atoms with Gasteiger partial charge in [-0.25, -0.2) is 0 Å². The van der Waals surface area contributed by atoms with E-state index in [1.54, 1.807) is 11.8 Å². The van der Waals surface area contributed by atoms with Crippen molar-refractivity contribution in [2.24, 2.45) is 5.41 Å². The monoisotopic (exact) mass is 199 g/mol. The number of ketones is 1. The predicted molar refractivity (Wildman–Crippen MR) is 51.6 cm³/mol. The summed E-state index contributed by atoms with van der Waals surface area (Å²) in [5, 5.41) is 2.80. The van der Waals surface area contributed by atoms with Gasteiger partial charge in [0, 0.05) is 6.54 Å². The molecule has 2 rings (SSSR count). The molecule has 1 unspecified atom stereocenters. The summed E-state index contributed by atoms with van der Waals surface area (Å²) in [6.45, 7) is 0.737. The molecule has 3 nitrogen and oxygen atoms in total. The normalized spacial score (nSPS) is 34.8. The second-order valence-electron chi connectivity index (χ2n) is 3.67. The van der Waals surface area contributed by atoms with Crippen LogP contribution in [-0.4, -0.2) is 29.7 Å². The fourth-order valence-corrected chi connectivity index (χ4v) is 3.17. The van der Waals surface area contributed by atoms with Crippen LogP contribution in [0.5, 0.6) is 0 Å². The van der Waals surface area contributed by atoms with Crippen LogP contribution in [-0.2, 0) is 9.59 Å². The van der Waals surface area contributed by atoms with Crippen molar-refractivity contribution in [2.75, 3.05) is 18.1 Å². The molecule has 0 aromatic rings. The van der Waals surface area contributed by atoms with Gasteiger partial charge < -0.3 is 5.32 Å². The number of rotatable bonds is 0. The standard InChI is InChI=1S/C9H13NO2S/c11-7-6-13-5-3-9(7)2-1-4-10-8(9)12/h1-6H2,(H,10,12). The van der Waals surface area contributed by atoms with Gasteiger partial charge in [-0.05, 0) is 25.0 Å². The molecule has 2 aliphatic rings. The zero-order chi connectivity index (χ0) is 9.31. The van der Waals surface area contributed by atoms with Gasteiger partial charge in [0.2, 0.25) is 5.91 Å².